The summed E-state index contributed by atoms with van der Waals surface area (Å²) in [5.41, 5.74) is 3.11. The third-order valence-corrected chi connectivity index (χ3v) is 4.95. The first-order chi connectivity index (χ1) is 9.92. The van der Waals surface area contributed by atoms with Crippen molar-refractivity contribution in [2.45, 2.75) is 45.1 Å². The maximum atomic E-state index is 3.68. The molecule has 3 rings (SSSR count). The van der Waals surface area contributed by atoms with E-state index in [9.17, 15) is 0 Å². The van der Waals surface area contributed by atoms with Gasteiger partial charge in [0.05, 0.1) is 0 Å². The molecule has 1 N–H and O–H groups in total. The van der Waals surface area contributed by atoms with Crippen molar-refractivity contribution in [2.75, 3.05) is 26.2 Å². The molecular weight excluding hydrogens is 244 g/mol. The second-order valence-electron chi connectivity index (χ2n) is 6.50. The Morgan fingerprint density at radius 1 is 1.05 bits per heavy atom. The molecule has 1 aromatic rings. The number of fused-ring (bicyclic) bond motifs is 1. The molecule has 0 atom stereocenters. The van der Waals surface area contributed by atoms with Crippen LogP contribution in [0.3, 0.4) is 0 Å². The lowest BCUT2D eigenvalue weighted by molar-refractivity contribution is 0.267. The minimum Gasteiger partial charge on any atom is -0.315 e. The van der Waals surface area contributed by atoms with Gasteiger partial charge in [0, 0.05) is 19.6 Å². The van der Waals surface area contributed by atoms with Crippen LogP contribution in [-0.4, -0.2) is 31.1 Å². The fourth-order valence-corrected chi connectivity index (χ4v) is 3.72. The predicted octanol–water partition coefficient (Wildman–Crippen LogP) is 3.21. The van der Waals surface area contributed by atoms with Gasteiger partial charge >= 0.3 is 0 Å². The number of aryl methyl sites for hydroxylation is 1. The third kappa shape index (κ3) is 3.83. The summed E-state index contributed by atoms with van der Waals surface area (Å²) in [7, 11) is 0. The molecule has 110 valence electrons. The predicted molar refractivity (Wildman–Crippen MR) is 84.9 cm³/mol. The molecule has 0 amide bonds. The molecule has 1 heterocycles. The van der Waals surface area contributed by atoms with Crippen LogP contribution >= 0.6 is 0 Å². The van der Waals surface area contributed by atoms with Crippen LogP contribution in [-0.2, 0) is 13.0 Å². The SMILES string of the molecule is c1ccc2c(c1)CCCN(CCNCC1CCCC1)C2. The van der Waals surface area contributed by atoms with Gasteiger partial charge < -0.3 is 5.32 Å². The Balaban J connectivity index is 1.41. The zero-order chi connectivity index (χ0) is 13.6. The minimum atomic E-state index is 0.958. The normalized spacial score (nSPS) is 20.8. The first kappa shape index (κ1) is 14.1. The molecule has 2 heteroatoms. The lowest BCUT2D eigenvalue weighted by atomic mass is 10.0. The van der Waals surface area contributed by atoms with Gasteiger partial charge in [-0.25, -0.2) is 0 Å². The van der Waals surface area contributed by atoms with Crippen molar-refractivity contribution in [3.05, 3.63) is 35.4 Å². The van der Waals surface area contributed by atoms with E-state index in [-0.39, 0.29) is 0 Å². The van der Waals surface area contributed by atoms with Crippen molar-refractivity contribution >= 4 is 0 Å². The maximum Gasteiger partial charge on any atom is 0.0237 e. The maximum absolute atomic E-state index is 3.68. The average Bonchev–Trinajstić information content (AvgIpc) is 2.89. The Hall–Kier alpha value is -0.860. The van der Waals surface area contributed by atoms with Gasteiger partial charge in [-0.1, -0.05) is 37.1 Å². The number of nitrogens with zero attached hydrogens (tertiary/aromatic N) is 1. The highest BCUT2D eigenvalue weighted by molar-refractivity contribution is 5.27. The van der Waals surface area contributed by atoms with E-state index in [1.54, 1.807) is 11.1 Å². The summed E-state index contributed by atoms with van der Waals surface area (Å²) in [6.07, 6.45) is 8.36. The van der Waals surface area contributed by atoms with E-state index in [0.29, 0.717) is 0 Å². The molecule has 0 spiro atoms. The molecule has 0 radical (unpaired) electrons. The summed E-state index contributed by atoms with van der Waals surface area (Å²) < 4.78 is 0. The second-order valence-corrected chi connectivity index (χ2v) is 6.50. The van der Waals surface area contributed by atoms with E-state index in [2.05, 4.69) is 34.5 Å². The van der Waals surface area contributed by atoms with Gasteiger partial charge in [-0.05, 0) is 55.8 Å². The first-order valence-corrected chi connectivity index (χ1v) is 8.41. The minimum absolute atomic E-state index is 0.958. The summed E-state index contributed by atoms with van der Waals surface area (Å²) in [6.45, 7) is 5.98. The van der Waals surface area contributed by atoms with Gasteiger partial charge in [0.25, 0.3) is 0 Å². The summed E-state index contributed by atoms with van der Waals surface area (Å²) in [5, 5.41) is 3.68. The van der Waals surface area contributed by atoms with Crippen molar-refractivity contribution in [3.8, 4) is 0 Å². The monoisotopic (exact) mass is 272 g/mol. The highest BCUT2D eigenvalue weighted by atomic mass is 15.1. The molecule has 1 fully saturated rings. The van der Waals surface area contributed by atoms with Crippen LogP contribution in [0.2, 0.25) is 0 Å². The zero-order valence-electron chi connectivity index (χ0n) is 12.6. The molecule has 2 nitrogen and oxygen atoms in total. The average molecular weight is 272 g/mol. The second kappa shape index (κ2) is 7.24. The standard InChI is InChI=1S/C18H28N2/c1-2-7-16(6-1)14-19-11-13-20-12-5-10-17-8-3-4-9-18(17)15-20/h3-4,8-9,16,19H,1-2,5-7,10-15H2. The van der Waals surface area contributed by atoms with Crippen molar-refractivity contribution in [2.24, 2.45) is 5.92 Å². The Labute approximate surface area is 123 Å². The largest absolute Gasteiger partial charge is 0.315 e. The van der Waals surface area contributed by atoms with E-state index < -0.39 is 0 Å². The van der Waals surface area contributed by atoms with Crippen molar-refractivity contribution in [3.63, 3.8) is 0 Å². The van der Waals surface area contributed by atoms with Crippen molar-refractivity contribution in [1.82, 2.24) is 10.2 Å². The van der Waals surface area contributed by atoms with E-state index in [1.165, 1.54) is 58.2 Å². The van der Waals surface area contributed by atoms with Gasteiger partial charge in [0.15, 0.2) is 0 Å². The Morgan fingerprint density at radius 3 is 2.70 bits per heavy atom. The third-order valence-electron chi connectivity index (χ3n) is 4.95. The number of hydrogen-bond donors (Lipinski definition) is 1. The zero-order valence-corrected chi connectivity index (χ0v) is 12.6. The molecule has 20 heavy (non-hydrogen) atoms. The van der Waals surface area contributed by atoms with Crippen LogP contribution in [0.4, 0.5) is 0 Å². The van der Waals surface area contributed by atoms with Gasteiger partial charge in [-0.15, -0.1) is 0 Å². The van der Waals surface area contributed by atoms with Crippen LogP contribution in [0.1, 0.15) is 43.2 Å². The molecular formula is C18H28N2. The lowest BCUT2D eigenvalue weighted by Crippen LogP contribution is -2.33. The van der Waals surface area contributed by atoms with Crippen LogP contribution in [0.15, 0.2) is 24.3 Å². The molecule has 0 unspecified atom stereocenters. The van der Waals surface area contributed by atoms with E-state index in [1.807, 2.05) is 0 Å². The lowest BCUT2D eigenvalue weighted by Gasteiger charge is -2.21. The Kier molecular flexibility index (Phi) is 5.10. The van der Waals surface area contributed by atoms with Crippen molar-refractivity contribution < 1.29 is 0 Å². The van der Waals surface area contributed by atoms with E-state index in [0.717, 1.165) is 19.0 Å². The smallest absolute Gasteiger partial charge is 0.0237 e. The molecule has 2 aliphatic rings. The summed E-state index contributed by atoms with van der Waals surface area (Å²) >= 11 is 0. The molecule has 1 aliphatic carbocycles. The fraction of sp³-hybridized carbons (Fsp3) is 0.667. The van der Waals surface area contributed by atoms with Gasteiger partial charge in [-0.2, -0.15) is 0 Å². The molecule has 0 aromatic heterocycles. The number of nitrogens with one attached hydrogen (secondary N) is 1. The highest BCUT2D eigenvalue weighted by Gasteiger charge is 2.15. The van der Waals surface area contributed by atoms with Crippen LogP contribution in [0, 0.1) is 5.92 Å². The summed E-state index contributed by atoms with van der Waals surface area (Å²) in [4.78, 5) is 2.62. The fourth-order valence-electron chi connectivity index (χ4n) is 3.72. The van der Waals surface area contributed by atoms with Crippen LogP contribution in [0.25, 0.3) is 0 Å². The number of benzene rings is 1. The number of hydrogen-bond acceptors (Lipinski definition) is 2. The van der Waals surface area contributed by atoms with E-state index >= 15 is 0 Å². The quantitative estimate of drug-likeness (QED) is 0.828. The molecule has 0 saturated heterocycles. The molecule has 1 aliphatic heterocycles. The Bertz CT molecular complexity index is 410. The van der Waals surface area contributed by atoms with Crippen molar-refractivity contribution in [1.29, 1.82) is 0 Å². The van der Waals surface area contributed by atoms with E-state index in [4.69, 9.17) is 0 Å². The van der Waals surface area contributed by atoms with Gasteiger partial charge in [0.2, 0.25) is 0 Å². The van der Waals surface area contributed by atoms with Crippen LogP contribution < -0.4 is 5.32 Å². The first-order valence-electron chi connectivity index (χ1n) is 8.41. The van der Waals surface area contributed by atoms with Crippen LogP contribution in [0.5, 0.6) is 0 Å². The summed E-state index contributed by atoms with van der Waals surface area (Å²) in [5.74, 6) is 0.958. The number of rotatable bonds is 5. The van der Waals surface area contributed by atoms with Gasteiger partial charge in [-0.3, -0.25) is 4.90 Å². The van der Waals surface area contributed by atoms with Gasteiger partial charge in [0.1, 0.15) is 0 Å². The highest BCUT2D eigenvalue weighted by Crippen LogP contribution is 2.23. The molecule has 0 bridgehead atoms. The molecule has 1 saturated carbocycles. The topological polar surface area (TPSA) is 15.3 Å². The summed E-state index contributed by atoms with van der Waals surface area (Å²) in [6, 6.07) is 8.97. The Morgan fingerprint density at radius 2 is 1.85 bits per heavy atom. The molecule has 1 aromatic carbocycles.